The molecule has 1 aromatic heterocycles. The lowest BCUT2D eigenvalue weighted by atomic mass is 10.1. The average molecular weight is 375 g/mol. The quantitative estimate of drug-likeness (QED) is 0.688. The fraction of sp³-hybridized carbons (Fsp3) is 0.318. The van der Waals surface area contributed by atoms with Crippen LogP contribution in [0.2, 0.25) is 0 Å². The Bertz CT molecular complexity index is 929. The third-order valence-electron chi connectivity index (χ3n) is 5.09. The third kappa shape index (κ3) is 4.46. The van der Waals surface area contributed by atoms with Crippen LogP contribution in [-0.2, 0) is 13.1 Å². The van der Waals surface area contributed by atoms with Crippen LogP contribution >= 0.6 is 0 Å². The van der Waals surface area contributed by atoms with E-state index in [2.05, 4.69) is 46.4 Å². The summed E-state index contributed by atoms with van der Waals surface area (Å²) in [4.78, 5) is 17.0. The van der Waals surface area contributed by atoms with Crippen molar-refractivity contribution in [1.29, 1.82) is 0 Å². The SMILES string of the molecule is Cc1cccc(CN2CCN(C(=O)c3cn(Cc4ccccc4)nn3)CC2)c1. The van der Waals surface area contributed by atoms with Crippen molar-refractivity contribution in [3.63, 3.8) is 0 Å². The molecule has 4 rings (SSSR count). The molecule has 0 atom stereocenters. The summed E-state index contributed by atoms with van der Waals surface area (Å²) in [5.74, 6) is -0.0329. The number of benzene rings is 2. The van der Waals surface area contributed by atoms with Gasteiger partial charge in [0.2, 0.25) is 0 Å². The van der Waals surface area contributed by atoms with E-state index in [9.17, 15) is 4.79 Å². The van der Waals surface area contributed by atoms with Crippen LogP contribution < -0.4 is 0 Å². The summed E-state index contributed by atoms with van der Waals surface area (Å²) in [5, 5.41) is 8.21. The summed E-state index contributed by atoms with van der Waals surface area (Å²) < 4.78 is 1.72. The molecular weight excluding hydrogens is 350 g/mol. The first-order chi connectivity index (χ1) is 13.7. The van der Waals surface area contributed by atoms with E-state index in [-0.39, 0.29) is 5.91 Å². The number of aryl methyl sites for hydroxylation is 1. The highest BCUT2D eigenvalue weighted by molar-refractivity contribution is 5.92. The first-order valence-electron chi connectivity index (χ1n) is 9.68. The van der Waals surface area contributed by atoms with E-state index in [0.29, 0.717) is 12.2 Å². The van der Waals surface area contributed by atoms with E-state index in [1.54, 1.807) is 10.9 Å². The molecule has 0 spiro atoms. The molecule has 0 aliphatic carbocycles. The number of piperazine rings is 1. The van der Waals surface area contributed by atoms with E-state index in [1.165, 1.54) is 11.1 Å². The lowest BCUT2D eigenvalue weighted by Crippen LogP contribution is -2.48. The molecule has 1 saturated heterocycles. The zero-order valence-corrected chi connectivity index (χ0v) is 16.2. The summed E-state index contributed by atoms with van der Waals surface area (Å²) in [7, 11) is 0. The smallest absolute Gasteiger partial charge is 0.276 e. The van der Waals surface area contributed by atoms with E-state index >= 15 is 0 Å². The van der Waals surface area contributed by atoms with Gasteiger partial charge in [0.1, 0.15) is 0 Å². The summed E-state index contributed by atoms with van der Waals surface area (Å²) in [6.45, 7) is 6.84. The molecule has 144 valence electrons. The number of aromatic nitrogens is 3. The molecule has 0 N–H and O–H groups in total. The largest absolute Gasteiger partial charge is 0.335 e. The summed E-state index contributed by atoms with van der Waals surface area (Å²) in [5.41, 5.74) is 4.16. The van der Waals surface area contributed by atoms with Crippen molar-refractivity contribution in [3.05, 3.63) is 83.2 Å². The van der Waals surface area contributed by atoms with Crippen LogP contribution in [-0.4, -0.2) is 56.9 Å². The predicted octanol–water partition coefficient (Wildman–Crippen LogP) is 2.59. The first-order valence-corrected chi connectivity index (χ1v) is 9.68. The normalized spacial score (nSPS) is 15.0. The minimum atomic E-state index is -0.0329. The number of amides is 1. The van der Waals surface area contributed by atoms with Crippen LogP contribution in [0.1, 0.15) is 27.2 Å². The average Bonchev–Trinajstić information content (AvgIpc) is 3.17. The standard InChI is InChI=1S/C22H25N5O/c1-18-6-5-9-20(14-18)15-25-10-12-26(13-11-25)22(28)21-17-27(24-23-21)16-19-7-3-2-4-8-19/h2-9,14,17H,10-13,15-16H2,1H3. The molecule has 6 nitrogen and oxygen atoms in total. The maximum absolute atomic E-state index is 12.8. The highest BCUT2D eigenvalue weighted by Gasteiger charge is 2.24. The molecular formula is C22H25N5O. The molecule has 1 fully saturated rings. The van der Waals surface area contributed by atoms with Gasteiger partial charge in [0, 0.05) is 32.7 Å². The lowest BCUT2D eigenvalue weighted by molar-refractivity contribution is 0.0622. The van der Waals surface area contributed by atoms with E-state index < -0.39 is 0 Å². The highest BCUT2D eigenvalue weighted by atomic mass is 16.2. The van der Waals surface area contributed by atoms with Crippen molar-refractivity contribution >= 4 is 5.91 Å². The van der Waals surface area contributed by atoms with Crippen molar-refractivity contribution < 1.29 is 4.79 Å². The van der Waals surface area contributed by atoms with Crippen molar-refractivity contribution in [1.82, 2.24) is 24.8 Å². The number of nitrogens with zero attached hydrogens (tertiary/aromatic N) is 5. The Kier molecular flexibility index (Phi) is 5.48. The zero-order chi connectivity index (χ0) is 19.3. The minimum absolute atomic E-state index is 0.0329. The van der Waals surface area contributed by atoms with E-state index in [1.807, 2.05) is 35.2 Å². The van der Waals surface area contributed by atoms with Crippen LogP contribution in [0, 0.1) is 6.92 Å². The Balaban J connectivity index is 1.31. The molecule has 6 heteroatoms. The van der Waals surface area contributed by atoms with Gasteiger partial charge in [-0.05, 0) is 18.1 Å². The Morgan fingerprint density at radius 1 is 0.929 bits per heavy atom. The topological polar surface area (TPSA) is 54.3 Å². The molecule has 0 saturated carbocycles. The number of rotatable bonds is 5. The maximum Gasteiger partial charge on any atom is 0.276 e. The maximum atomic E-state index is 12.8. The molecule has 1 amide bonds. The van der Waals surface area contributed by atoms with Crippen LogP contribution in [0.4, 0.5) is 0 Å². The van der Waals surface area contributed by atoms with Gasteiger partial charge in [-0.3, -0.25) is 9.69 Å². The van der Waals surface area contributed by atoms with Gasteiger partial charge < -0.3 is 4.90 Å². The minimum Gasteiger partial charge on any atom is -0.335 e. The second-order valence-corrected chi connectivity index (χ2v) is 7.34. The molecule has 2 heterocycles. The van der Waals surface area contributed by atoms with Gasteiger partial charge >= 0.3 is 0 Å². The van der Waals surface area contributed by atoms with Gasteiger partial charge in [-0.15, -0.1) is 5.10 Å². The Labute approximate surface area is 165 Å². The lowest BCUT2D eigenvalue weighted by Gasteiger charge is -2.34. The Hall–Kier alpha value is -2.99. The number of hydrogen-bond donors (Lipinski definition) is 0. The molecule has 0 radical (unpaired) electrons. The fourth-order valence-electron chi connectivity index (χ4n) is 3.58. The van der Waals surface area contributed by atoms with Gasteiger partial charge in [0.15, 0.2) is 5.69 Å². The number of carbonyl (C=O) groups is 1. The number of carbonyl (C=O) groups excluding carboxylic acids is 1. The van der Waals surface area contributed by atoms with Crippen LogP contribution in [0.3, 0.4) is 0 Å². The molecule has 1 aliphatic heterocycles. The van der Waals surface area contributed by atoms with Gasteiger partial charge in [0.05, 0.1) is 12.7 Å². The van der Waals surface area contributed by atoms with Gasteiger partial charge in [-0.2, -0.15) is 0 Å². The van der Waals surface area contributed by atoms with Crippen LogP contribution in [0.5, 0.6) is 0 Å². The van der Waals surface area contributed by atoms with Crippen molar-refractivity contribution in [2.75, 3.05) is 26.2 Å². The van der Waals surface area contributed by atoms with Crippen molar-refractivity contribution in [2.24, 2.45) is 0 Å². The van der Waals surface area contributed by atoms with Crippen LogP contribution in [0.15, 0.2) is 60.8 Å². The zero-order valence-electron chi connectivity index (χ0n) is 16.2. The fourth-order valence-corrected chi connectivity index (χ4v) is 3.58. The monoisotopic (exact) mass is 375 g/mol. The molecule has 1 aliphatic rings. The molecule has 2 aromatic carbocycles. The third-order valence-corrected chi connectivity index (χ3v) is 5.09. The molecule has 0 unspecified atom stereocenters. The Morgan fingerprint density at radius 3 is 2.43 bits per heavy atom. The van der Waals surface area contributed by atoms with E-state index in [0.717, 1.165) is 38.3 Å². The van der Waals surface area contributed by atoms with Crippen LogP contribution in [0.25, 0.3) is 0 Å². The van der Waals surface area contributed by atoms with E-state index in [4.69, 9.17) is 0 Å². The molecule has 0 bridgehead atoms. The molecule has 3 aromatic rings. The van der Waals surface area contributed by atoms with Gasteiger partial charge in [0.25, 0.3) is 5.91 Å². The summed E-state index contributed by atoms with van der Waals surface area (Å²) >= 11 is 0. The number of hydrogen-bond acceptors (Lipinski definition) is 4. The predicted molar refractivity (Wildman–Crippen MR) is 108 cm³/mol. The second kappa shape index (κ2) is 8.35. The molecule has 28 heavy (non-hydrogen) atoms. The van der Waals surface area contributed by atoms with Gasteiger partial charge in [-0.25, -0.2) is 4.68 Å². The first kappa shape index (κ1) is 18.4. The second-order valence-electron chi connectivity index (χ2n) is 7.34. The van der Waals surface area contributed by atoms with Crippen molar-refractivity contribution in [2.45, 2.75) is 20.0 Å². The Morgan fingerprint density at radius 2 is 1.68 bits per heavy atom. The summed E-state index contributed by atoms with van der Waals surface area (Å²) in [6.07, 6.45) is 1.74. The van der Waals surface area contributed by atoms with Crippen molar-refractivity contribution in [3.8, 4) is 0 Å². The van der Waals surface area contributed by atoms with Gasteiger partial charge in [-0.1, -0.05) is 65.4 Å². The highest BCUT2D eigenvalue weighted by Crippen LogP contribution is 2.12. The summed E-state index contributed by atoms with van der Waals surface area (Å²) in [6, 6.07) is 18.7.